The molecule has 0 aliphatic heterocycles. The number of fused-ring (bicyclic) bond motifs is 1. The molecule has 2 aromatic carbocycles. The molecule has 0 atom stereocenters. The Kier molecular flexibility index (Phi) is 4.76. The maximum Gasteiger partial charge on any atom is 0.297 e. The lowest BCUT2D eigenvalue weighted by Gasteiger charge is -2.26. The molecule has 0 amide bonds. The standard InChI is InChI=1S/C14H16O9S3/c1-14(2,3)10-8-6-4-5-7-9(8)11(24(15,16)17)13(26(21,22)23)12(10)25(18,19)20/h4-7H,1-3H3,(H,15,16,17)(H,18,19,20)(H,21,22,23). The molecule has 0 aliphatic rings. The summed E-state index contributed by atoms with van der Waals surface area (Å²) in [5.41, 5.74) is -1.32. The summed E-state index contributed by atoms with van der Waals surface area (Å²) in [6.45, 7) is 4.51. The molecule has 0 heterocycles. The second kappa shape index (κ2) is 5.97. The van der Waals surface area contributed by atoms with Crippen LogP contribution in [-0.2, 0) is 35.8 Å². The predicted molar refractivity (Wildman–Crippen MR) is 92.1 cm³/mol. The molecule has 0 unspecified atom stereocenters. The van der Waals surface area contributed by atoms with Crippen LogP contribution in [-0.4, -0.2) is 38.9 Å². The highest BCUT2D eigenvalue weighted by Gasteiger charge is 2.40. The Morgan fingerprint density at radius 3 is 1.38 bits per heavy atom. The Labute approximate surface area is 150 Å². The SMILES string of the molecule is CC(C)(C)c1c(S(=O)(=O)O)c(S(=O)(=O)O)c(S(=O)(=O)O)c2ccccc12. The van der Waals surface area contributed by atoms with Gasteiger partial charge >= 0.3 is 0 Å². The second-order valence-corrected chi connectivity index (χ2v) is 10.7. The van der Waals surface area contributed by atoms with Crippen molar-refractivity contribution in [1.29, 1.82) is 0 Å². The van der Waals surface area contributed by atoms with E-state index in [-0.39, 0.29) is 16.3 Å². The summed E-state index contributed by atoms with van der Waals surface area (Å²) in [4.78, 5) is -4.21. The van der Waals surface area contributed by atoms with Gasteiger partial charge in [-0.15, -0.1) is 0 Å². The van der Waals surface area contributed by atoms with E-state index in [0.29, 0.717) is 0 Å². The van der Waals surface area contributed by atoms with Crippen molar-refractivity contribution in [3.05, 3.63) is 29.8 Å². The highest BCUT2D eigenvalue weighted by atomic mass is 32.2. The van der Waals surface area contributed by atoms with Gasteiger partial charge in [-0.05, 0) is 16.4 Å². The van der Waals surface area contributed by atoms with E-state index in [0.717, 1.165) is 6.07 Å². The zero-order valence-corrected chi connectivity index (χ0v) is 16.3. The van der Waals surface area contributed by atoms with Crippen LogP contribution in [0.4, 0.5) is 0 Å². The molecule has 2 aromatic rings. The van der Waals surface area contributed by atoms with Crippen molar-refractivity contribution in [2.75, 3.05) is 0 Å². The minimum Gasteiger partial charge on any atom is -0.282 e. The molecule has 0 fully saturated rings. The highest BCUT2D eigenvalue weighted by molar-refractivity contribution is 7.90. The van der Waals surface area contributed by atoms with Gasteiger partial charge in [0, 0.05) is 5.39 Å². The lowest BCUT2D eigenvalue weighted by Crippen LogP contribution is -2.23. The first-order valence-corrected chi connectivity index (χ1v) is 11.3. The molecule has 0 radical (unpaired) electrons. The summed E-state index contributed by atoms with van der Waals surface area (Å²) in [7, 11) is -16.1. The minimum absolute atomic E-state index is 0.0207. The van der Waals surface area contributed by atoms with E-state index < -0.39 is 50.5 Å². The highest BCUT2D eigenvalue weighted by Crippen LogP contribution is 2.43. The molecule has 2 rings (SSSR count). The molecule has 12 heteroatoms. The molecule has 9 nitrogen and oxygen atoms in total. The topological polar surface area (TPSA) is 163 Å². The molecule has 26 heavy (non-hydrogen) atoms. The van der Waals surface area contributed by atoms with Crippen LogP contribution in [0, 0.1) is 0 Å². The van der Waals surface area contributed by atoms with Crippen molar-refractivity contribution in [2.24, 2.45) is 0 Å². The quantitative estimate of drug-likeness (QED) is 0.624. The van der Waals surface area contributed by atoms with Gasteiger partial charge in [-0.25, -0.2) is 0 Å². The van der Waals surface area contributed by atoms with Gasteiger partial charge in [0.25, 0.3) is 30.4 Å². The Hall–Kier alpha value is -1.57. The molecule has 0 aromatic heterocycles. The summed E-state index contributed by atoms with van der Waals surface area (Å²) in [5, 5.41) is -0.340. The van der Waals surface area contributed by atoms with Gasteiger partial charge in [0.05, 0.1) is 0 Å². The number of rotatable bonds is 3. The van der Waals surface area contributed by atoms with Crippen molar-refractivity contribution >= 4 is 41.1 Å². The first-order valence-electron chi connectivity index (χ1n) is 6.99. The Bertz CT molecular complexity index is 1220. The van der Waals surface area contributed by atoms with E-state index >= 15 is 0 Å². The molecule has 0 spiro atoms. The van der Waals surface area contributed by atoms with Crippen LogP contribution in [0.15, 0.2) is 39.0 Å². The molecular formula is C14H16O9S3. The first kappa shape index (κ1) is 20.7. The van der Waals surface area contributed by atoms with Crippen molar-refractivity contribution < 1.29 is 38.9 Å². The Morgan fingerprint density at radius 2 is 1.04 bits per heavy atom. The first-order chi connectivity index (χ1) is 11.5. The predicted octanol–water partition coefficient (Wildman–Crippen LogP) is 1.88. The summed E-state index contributed by atoms with van der Waals surface area (Å²) in [6, 6.07) is 5.24. The molecule has 0 saturated carbocycles. The van der Waals surface area contributed by atoms with Gasteiger partial charge in [0.2, 0.25) is 0 Å². The van der Waals surface area contributed by atoms with Gasteiger partial charge < -0.3 is 0 Å². The smallest absolute Gasteiger partial charge is 0.282 e. The lowest BCUT2D eigenvalue weighted by atomic mass is 9.83. The zero-order valence-electron chi connectivity index (χ0n) is 13.8. The van der Waals surface area contributed by atoms with E-state index in [1.165, 1.54) is 39.0 Å². The van der Waals surface area contributed by atoms with E-state index in [1.54, 1.807) is 0 Å². The van der Waals surface area contributed by atoms with Crippen molar-refractivity contribution in [1.82, 2.24) is 0 Å². The summed E-state index contributed by atoms with van der Waals surface area (Å²) in [6.07, 6.45) is 0. The molecule has 0 bridgehead atoms. The average molecular weight is 424 g/mol. The van der Waals surface area contributed by atoms with Crippen LogP contribution >= 0.6 is 0 Å². The average Bonchev–Trinajstić information content (AvgIpc) is 2.40. The van der Waals surface area contributed by atoms with Gasteiger partial charge in [0.15, 0.2) is 0 Å². The van der Waals surface area contributed by atoms with Gasteiger partial charge in [-0.3, -0.25) is 13.7 Å². The van der Waals surface area contributed by atoms with Crippen molar-refractivity contribution in [3.8, 4) is 0 Å². The van der Waals surface area contributed by atoms with E-state index in [4.69, 9.17) is 0 Å². The summed E-state index contributed by atoms with van der Waals surface area (Å²) >= 11 is 0. The third kappa shape index (κ3) is 3.61. The van der Waals surface area contributed by atoms with Crippen LogP contribution in [0.1, 0.15) is 26.3 Å². The number of benzene rings is 2. The van der Waals surface area contributed by atoms with Gasteiger partial charge in [0.1, 0.15) is 14.7 Å². The third-order valence-corrected chi connectivity index (χ3v) is 6.65. The number of hydrogen-bond acceptors (Lipinski definition) is 6. The fourth-order valence-electron chi connectivity index (χ4n) is 2.84. The van der Waals surface area contributed by atoms with Crippen molar-refractivity contribution in [3.63, 3.8) is 0 Å². The second-order valence-electron chi connectivity index (χ2n) is 6.58. The van der Waals surface area contributed by atoms with Crippen molar-refractivity contribution in [2.45, 2.75) is 40.9 Å². The largest absolute Gasteiger partial charge is 0.297 e. The van der Waals surface area contributed by atoms with Gasteiger partial charge in [-0.2, -0.15) is 25.3 Å². The maximum atomic E-state index is 12.0. The monoisotopic (exact) mass is 424 g/mol. The Balaban J connectivity index is 3.53. The number of hydrogen-bond donors (Lipinski definition) is 3. The lowest BCUT2D eigenvalue weighted by molar-refractivity contribution is 0.451. The summed E-state index contributed by atoms with van der Waals surface area (Å²) < 4.78 is 100. The van der Waals surface area contributed by atoms with Crippen LogP contribution in [0.3, 0.4) is 0 Å². The minimum atomic E-state index is -5.48. The van der Waals surface area contributed by atoms with Crippen LogP contribution < -0.4 is 0 Å². The van der Waals surface area contributed by atoms with E-state index in [1.807, 2.05) is 0 Å². The third-order valence-electron chi connectivity index (χ3n) is 3.60. The summed E-state index contributed by atoms with van der Waals surface area (Å²) in [5.74, 6) is 0. The zero-order chi connectivity index (χ0) is 20.3. The Morgan fingerprint density at radius 1 is 0.654 bits per heavy atom. The van der Waals surface area contributed by atoms with Gasteiger partial charge in [-0.1, -0.05) is 45.0 Å². The van der Waals surface area contributed by atoms with Crippen LogP contribution in [0.5, 0.6) is 0 Å². The van der Waals surface area contributed by atoms with Crippen LogP contribution in [0.25, 0.3) is 10.8 Å². The fourth-order valence-corrected chi connectivity index (χ4v) is 6.65. The fraction of sp³-hybridized carbons (Fsp3) is 0.286. The molecular weight excluding hydrogens is 408 g/mol. The molecule has 3 N–H and O–H groups in total. The normalized spacial score (nSPS) is 13.9. The molecule has 0 aliphatic carbocycles. The molecule has 144 valence electrons. The van der Waals surface area contributed by atoms with Crippen LogP contribution in [0.2, 0.25) is 0 Å². The van der Waals surface area contributed by atoms with E-state index in [9.17, 15) is 38.9 Å². The molecule has 0 saturated heterocycles. The van der Waals surface area contributed by atoms with E-state index in [2.05, 4.69) is 0 Å². The maximum absolute atomic E-state index is 12.0.